The van der Waals surface area contributed by atoms with Crippen LogP contribution in [-0.4, -0.2) is 57.4 Å². The van der Waals surface area contributed by atoms with Gasteiger partial charge in [0.25, 0.3) is 0 Å². The molecule has 0 radical (unpaired) electrons. The van der Waals surface area contributed by atoms with Crippen LogP contribution in [0.15, 0.2) is 47.5 Å². The minimum atomic E-state index is -0.470. The molecule has 0 spiro atoms. The average Bonchev–Trinajstić information content (AvgIpc) is 2.82. The van der Waals surface area contributed by atoms with E-state index in [1.165, 1.54) is 6.07 Å². The summed E-state index contributed by atoms with van der Waals surface area (Å²) in [4.78, 5) is 6.48. The van der Waals surface area contributed by atoms with E-state index in [0.717, 1.165) is 56.0 Å². The van der Waals surface area contributed by atoms with Gasteiger partial charge in [-0.05, 0) is 55.8 Å². The Kier molecular flexibility index (Phi) is 11.8. The van der Waals surface area contributed by atoms with E-state index in [0.29, 0.717) is 25.2 Å². The van der Waals surface area contributed by atoms with Crippen LogP contribution in [0.1, 0.15) is 24.0 Å². The van der Waals surface area contributed by atoms with Crippen LogP contribution in [0.4, 0.5) is 8.78 Å². The number of hydrogen-bond acceptors (Lipinski definition) is 4. The van der Waals surface area contributed by atoms with Crippen molar-refractivity contribution in [3.63, 3.8) is 0 Å². The van der Waals surface area contributed by atoms with Gasteiger partial charge in [-0.25, -0.2) is 8.78 Å². The Hall–Kier alpha value is -1.98. The molecule has 0 unspecified atom stereocenters. The molecule has 33 heavy (non-hydrogen) atoms. The lowest BCUT2D eigenvalue weighted by atomic mass is 10.1. The van der Waals surface area contributed by atoms with E-state index in [2.05, 4.69) is 27.6 Å². The van der Waals surface area contributed by atoms with Gasteiger partial charge >= 0.3 is 0 Å². The van der Waals surface area contributed by atoms with Gasteiger partial charge in [0.2, 0.25) is 0 Å². The summed E-state index contributed by atoms with van der Waals surface area (Å²) in [7, 11) is 3.76. The summed E-state index contributed by atoms with van der Waals surface area (Å²) in [5.41, 5.74) is 1.27. The van der Waals surface area contributed by atoms with Crippen LogP contribution >= 0.6 is 24.0 Å². The second-order valence-corrected chi connectivity index (χ2v) is 7.84. The number of aliphatic imine (C=N–C) groups is 1. The zero-order valence-corrected chi connectivity index (χ0v) is 21.5. The van der Waals surface area contributed by atoms with Crippen LogP contribution < -0.4 is 15.4 Å². The molecule has 2 aromatic rings. The second kappa shape index (κ2) is 14.3. The zero-order chi connectivity index (χ0) is 22.8. The molecule has 9 heteroatoms. The summed E-state index contributed by atoms with van der Waals surface area (Å²) >= 11 is 0. The quantitative estimate of drug-likeness (QED) is 0.270. The van der Waals surface area contributed by atoms with Crippen LogP contribution in [0.5, 0.6) is 5.75 Å². The van der Waals surface area contributed by atoms with Crippen molar-refractivity contribution in [2.75, 3.05) is 40.5 Å². The van der Waals surface area contributed by atoms with E-state index in [-0.39, 0.29) is 36.1 Å². The minimum Gasteiger partial charge on any atom is -0.492 e. The molecule has 0 amide bonds. The molecule has 0 atom stereocenters. The third-order valence-electron chi connectivity index (χ3n) is 5.56. The third-order valence-corrected chi connectivity index (χ3v) is 5.56. The van der Waals surface area contributed by atoms with Gasteiger partial charge in [0.1, 0.15) is 24.0 Å². The Morgan fingerprint density at radius 1 is 1.12 bits per heavy atom. The fourth-order valence-corrected chi connectivity index (χ4v) is 3.63. The normalized spacial score (nSPS) is 14.6. The third kappa shape index (κ3) is 9.05. The summed E-state index contributed by atoms with van der Waals surface area (Å²) in [6.45, 7) is 3.80. The van der Waals surface area contributed by atoms with E-state index >= 15 is 0 Å². The van der Waals surface area contributed by atoms with Gasteiger partial charge in [-0.15, -0.1) is 24.0 Å². The van der Waals surface area contributed by atoms with Crippen molar-refractivity contribution in [2.24, 2.45) is 4.99 Å². The molecule has 0 bridgehead atoms. The molecule has 1 aliphatic rings. The largest absolute Gasteiger partial charge is 0.492 e. The molecule has 0 aliphatic carbocycles. The first-order valence-electron chi connectivity index (χ1n) is 10.9. The number of nitrogens with zero attached hydrogens (tertiary/aromatic N) is 2. The Balaban J connectivity index is 0.00000385. The molecule has 6 nitrogen and oxygen atoms in total. The van der Waals surface area contributed by atoms with Gasteiger partial charge in [-0.1, -0.05) is 12.1 Å². The minimum absolute atomic E-state index is 0. The first-order valence-corrected chi connectivity index (χ1v) is 10.9. The lowest BCUT2D eigenvalue weighted by molar-refractivity contribution is 0.0392. The molecule has 3 rings (SSSR count). The van der Waals surface area contributed by atoms with Gasteiger partial charge < -0.3 is 20.1 Å². The first-order chi connectivity index (χ1) is 15.5. The SMILES string of the molecule is CN=C(NCc1cccc(OCCN(C)C2CCOCC2)c1)NCc1cc(F)ccc1F.I. The highest BCUT2D eigenvalue weighted by Gasteiger charge is 2.18. The number of guanidine groups is 1. The Morgan fingerprint density at radius 3 is 2.64 bits per heavy atom. The van der Waals surface area contributed by atoms with Gasteiger partial charge in [0.05, 0.1) is 0 Å². The van der Waals surface area contributed by atoms with Crippen molar-refractivity contribution >= 4 is 29.9 Å². The zero-order valence-electron chi connectivity index (χ0n) is 19.2. The highest BCUT2D eigenvalue weighted by Crippen LogP contribution is 2.15. The molecule has 1 heterocycles. The number of halogens is 3. The van der Waals surface area contributed by atoms with E-state index in [4.69, 9.17) is 9.47 Å². The monoisotopic (exact) mass is 574 g/mol. The topological polar surface area (TPSA) is 58.1 Å². The van der Waals surface area contributed by atoms with Crippen LogP contribution in [0, 0.1) is 11.6 Å². The molecule has 2 N–H and O–H groups in total. The van der Waals surface area contributed by atoms with Crippen molar-refractivity contribution in [1.29, 1.82) is 0 Å². The summed E-state index contributed by atoms with van der Waals surface area (Å²) in [5, 5.41) is 6.18. The predicted octanol–water partition coefficient (Wildman–Crippen LogP) is 3.94. The lowest BCUT2D eigenvalue weighted by Gasteiger charge is -2.31. The summed E-state index contributed by atoms with van der Waals surface area (Å²) in [6.07, 6.45) is 2.14. The van der Waals surface area contributed by atoms with Crippen molar-refractivity contribution in [2.45, 2.75) is 32.0 Å². The van der Waals surface area contributed by atoms with E-state index in [9.17, 15) is 8.78 Å². The van der Waals surface area contributed by atoms with Gasteiger partial charge in [-0.2, -0.15) is 0 Å². The fourth-order valence-electron chi connectivity index (χ4n) is 3.63. The molecule has 2 aromatic carbocycles. The Morgan fingerprint density at radius 2 is 1.88 bits per heavy atom. The summed E-state index contributed by atoms with van der Waals surface area (Å²) < 4.78 is 38.5. The summed E-state index contributed by atoms with van der Waals surface area (Å²) in [6, 6.07) is 11.8. The summed E-state index contributed by atoms with van der Waals surface area (Å²) in [5.74, 6) is 0.385. The van der Waals surface area contributed by atoms with E-state index < -0.39 is 11.6 Å². The maximum absolute atomic E-state index is 13.8. The number of ether oxygens (including phenoxy) is 2. The highest BCUT2D eigenvalue weighted by molar-refractivity contribution is 14.0. The number of rotatable bonds is 9. The van der Waals surface area contributed by atoms with Gasteiger partial charge in [0, 0.05) is 51.5 Å². The number of nitrogens with one attached hydrogen (secondary N) is 2. The highest BCUT2D eigenvalue weighted by atomic mass is 127. The van der Waals surface area contributed by atoms with Crippen molar-refractivity contribution in [3.8, 4) is 5.75 Å². The van der Waals surface area contributed by atoms with Gasteiger partial charge in [0.15, 0.2) is 5.96 Å². The first kappa shape index (κ1) is 27.3. The molecular formula is C24H33F2IN4O2. The molecule has 1 fully saturated rings. The van der Waals surface area contributed by atoms with Crippen molar-refractivity contribution < 1.29 is 18.3 Å². The maximum Gasteiger partial charge on any atom is 0.191 e. The fraction of sp³-hybridized carbons (Fsp3) is 0.458. The van der Waals surface area contributed by atoms with Crippen molar-refractivity contribution in [3.05, 3.63) is 65.2 Å². The standard InChI is InChI=1S/C24H32F2N4O2.HI/c1-27-24(29-17-19-15-20(25)6-7-23(19)26)28-16-18-4-3-5-22(14-18)32-13-10-30(2)21-8-11-31-12-9-21;/h3-7,14-15,21H,8-13,16-17H2,1-2H3,(H2,27,28,29);1H. The van der Waals surface area contributed by atoms with Crippen LogP contribution in [0.25, 0.3) is 0 Å². The molecule has 1 saturated heterocycles. The average molecular weight is 574 g/mol. The van der Waals surface area contributed by atoms with Crippen molar-refractivity contribution in [1.82, 2.24) is 15.5 Å². The Bertz CT molecular complexity index is 895. The van der Waals surface area contributed by atoms with Crippen LogP contribution in [-0.2, 0) is 17.8 Å². The smallest absolute Gasteiger partial charge is 0.191 e. The predicted molar refractivity (Wildman–Crippen MR) is 137 cm³/mol. The molecule has 1 aliphatic heterocycles. The van der Waals surface area contributed by atoms with Crippen LogP contribution in [0.3, 0.4) is 0 Å². The van der Waals surface area contributed by atoms with Gasteiger partial charge in [-0.3, -0.25) is 9.89 Å². The Labute approximate surface area is 211 Å². The lowest BCUT2D eigenvalue weighted by Crippen LogP contribution is -2.38. The molecule has 0 aromatic heterocycles. The molecular weight excluding hydrogens is 541 g/mol. The van der Waals surface area contributed by atoms with Crippen LogP contribution in [0.2, 0.25) is 0 Å². The maximum atomic E-state index is 13.8. The number of hydrogen-bond donors (Lipinski definition) is 2. The van der Waals surface area contributed by atoms with E-state index in [1.54, 1.807) is 7.05 Å². The second-order valence-electron chi connectivity index (χ2n) is 7.84. The molecule has 182 valence electrons. The number of benzene rings is 2. The van der Waals surface area contributed by atoms with E-state index in [1.807, 2.05) is 24.3 Å². The molecule has 0 saturated carbocycles. The number of likely N-dealkylation sites (N-methyl/N-ethyl adjacent to an activating group) is 1.